The van der Waals surface area contributed by atoms with Gasteiger partial charge in [-0.05, 0) is 31.0 Å². The number of hydrogen-bond acceptors (Lipinski definition) is 3. The SMILES string of the molecule is CN1CCN(C(=O)C2CCCN2)Cc2ccccc21.Cl.Cl. The van der Waals surface area contributed by atoms with Gasteiger partial charge in [-0.3, -0.25) is 4.79 Å². The molecule has 0 aromatic heterocycles. The third-order valence-corrected chi connectivity index (χ3v) is 4.14. The van der Waals surface area contributed by atoms with Crippen molar-refractivity contribution in [2.75, 3.05) is 31.6 Å². The number of rotatable bonds is 1. The number of benzene rings is 1. The van der Waals surface area contributed by atoms with Gasteiger partial charge in [0.1, 0.15) is 0 Å². The average Bonchev–Trinajstić information content (AvgIpc) is 2.91. The van der Waals surface area contributed by atoms with Gasteiger partial charge in [-0.15, -0.1) is 24.8 Å². The van der Waals surface area contributed by atoms with Crippen molar-refractivity contribution in [3.63, 3.8) is 0 Å². The minimum Gasteiger partial charge on any atom is -0.373 e. The number of amides is 1. The molecule has 4 nitrogen and oxygen atoms in total. The number of carbonyl (C=O) groups excluding carboxylic acids is 1. The van der Waals surface area contributed by atoms with Gasteiger partial charge in [0.25, 0.3) is 0 Å². The normalized spacial score (nSPS) is 20.9. The highest BCUT2D eigenvalue weighted by atomic mass is 35.5. The molecule has 0 radical (unpaired) electrons. The minimum absolute atomic E-state index is 0. The Hall–Kier alpha value is -0.970. The second kappa shape index (κ2) is 7.87. The topological polar surface area (TPSA) is 35.6 Å². The smallest absolute Gasteiger partial charge is 0.240 e. The van der Waals surface area contributed by atoms with Gasteiger partial charge >= 0.3 is 0 Å². The quantitative estimate of drug-likeness (QED) is 0.855. The Morgan fingerprint density at radius 1 is 1.24 bits per heavy atom. The van der Waals surface area contributed by atoms with E-state index in [2.05, 4.69) is 41.5 Å². The maximum absolute atomic E-state index is 12.5. The minimum atomic E-state index is 0. The Morgan fingerprint density at radius 3 is 2.71 bits per heavy atom. The van der Waals surface area contributed by atoms with E-state index >= 15 is 0 Å². The standard InChI is InChI=1S/C15H21N3O.2ClH/c1-17-9-10-18(15(19)13-6-4-8-16-13)11-12-5-2-3-7-14(12)17;;/h2-3,5,7,13,16H,4,6,8-11H2,1H3;2*1H. The van der Waals surface area contributed by atoms with Crippen molar-refractivity contribution in [3.05, 3.63) is 29.8 Å². The van der Waals surface area contributed by atoms with E-state index in [9.17, 15) is 4.79 Å². The summed E-state index contributed by atoms with van der Waals surface area (Å²) in [5.41, 5.74) is 2.49. The molecule has 1 saturated heterocycles. The van der Waals surface area contributed by atoms with Gasteiger partial charge in [0, 0.05) is 32.4 Å². The highest BCUT2D eigenvalue weighted by molar-refractivity contribution is 5.85. The number of nitrogens with zero attached hydrogens (tertiary/aromatic N) is 2. The Kier molecular flexibility index (Phi) is 6.78. The number of likely N-dealkylation sites (N-methyl/N-ethyl adjacent to an activating group) is 1. The molecule has 1 amide bonds. The molecule has 2 heterocycles. The van der Waals surface area contributed by atoms with Crippen molar-refractivity contribution in [3.8, 4) is 0 Å². The van der Waals surface area contributed by atoms with Crippen LogP contribution >= 0.6 is 24.8 Å². The van der Waals surface area contributed by atoms with Crippen LogP contribution in [0.15, 0.2) is 24.3 Å². The maximum atomic E-state index is 12.5. The van der Waals surface area contributed by atoms with Gasteiger partial charge in [-0.1, -0.05) is 18.2 Å². The van der Waals surface area contributed by atoms with Crippen LogP contribution in [0.5, 0.6) is 0 Å². The summed E-state index contributed by atoms with van der Waals surface area (Å²) in [6.45, 7) is 3.41. The monoisotopic (exact) mass is 331 g/mol. The lowest BCUT2D eigenvalue weighted by molar-refractivity contribution is -0.133. The molecule has 118 valence electrons. The predicted molar refractivity (Wildman–Crippen MR) is 90.6 cm³/mol. The molecule has 0 spiro atoms. The number of fused-ring (bicyclic) bond motifs is 1. The van der Waals surface area contributed by atoms with Gasteiger partial charge in [-0.25, -0.2) is 0 Å². The lowest BCUT2D eigenvalue weighted by Gasteiger charge is -2.24. The summed E-state index contributed by atoms with van der Waals surface area (Å²) in [6.07, 6.45) is 2.09. The van der Waals surface area contributed by atoms with E-state index < -0.39 is 0 Å². The number of halogens is 2. The number of carbonyl (C=O) groups is 1. The summed E-state index contributed by atoms with van der Waals surface area (Å²) in [6, 6.07) is 8.41. The van der Waals surface area contributed by atoms with Gasteiger partial charge in [0.15, 0.2) is 0 Å². The molecule has 6 heteroatoms. The molecule has 0 bridgehead atoms. The molecule has 3 rings (SSSR count). The second-order valence-electron chi connectivity index (χ2n) is 5.46. The summed E-state index contributed by atoms with van der Waals surface area (Å²) < 4.78 is 0. The molecule has 1 unspecified atom stereocenters. The van der Waals surface area contributed by atoms with Crippen LogP contribution in [-0.4, -0.2) is 43.5 Å². The average molecular weight is 332 g/mol. The first-order chi connectivity index (χ1) is 9.25. The van der Waals surface area contributed by atoms with Crippen LogP contribution in [0.3, 0.4) is 0 Å². The van der Waals surface area contributed by atoms with Gasteiger partial charge in [0.2, 0.25) is 5.91 Å². The molecule has 2 aliphatic rings. The van der Waals surface area contributed by atoms with E-state index in [0.29, 0.717) is 0 Å². The van der Waals surface area contributed by atoms with Crippen LogP contribution in [-0.2, 0) is 11.3 Å². The lowest BCUT2D eigenvalue weighted by Crippen LogP contribution is -2.44. The van der Waals surface area contributed by atoms with E-state index in [1.165, 1.54) is 11.3 Å². The van der Waals surface area contributed by atoms with E-state index in [1.807, 2.05) is 4.90 Å². The molecule has 0 aliphatic carbocycles. The fraction of sp³-hybridized carbons (Fsp3) is 0.533. The van der Waals surface area contributed by atoms with E-state index in [4.69, 9.17) is 0 Å². The molecule has 1 aromatic rings. The number of anilines is 1. The Bertz CT molecular complexity index is 478. The van der Waals surface area contributed by atoms with Crippen molar-refractivity contribution in [1.82, 2.24) is 10.2 Å². The Morgan fingerprint density at radius 2 is 2.00 bits per heavy atom. The van der Waals surface area contributed by atoms with E-state index in [1.54, 1.807) is 0 Å². The third kappa shape index (κ3) is 3.82. The van der Waals surface area contributed by atoms with Crippen LogP contribution in [0.25, 0.3) is 0 Å². The van der Waals surface area contributed by atoms with Crippen molar-refractivity contribution in [1.29, 1.82) is 0 Å². The number of para-hydroxylation sites is 1. The summed E-state index contributed by atoms with van der Waals surface area (Å²) in [4.78, 5) is 16.8. The molecular weight excluding hydrogens is 309 g/mol. The highest BCUT2D eigenvalue weighted by Crippen LogP contribution is 2.24. The van der Waals surface area contributed by atoms with Crippen LogP contribution in [0.2, 0.25) is 0 Å². The lowest BCUT2D eigenvalue weighted by atomic mass is 10.1. The van der Waals surface area contributed by atoms with Gasteiger partial charge in [0.05, 0.1) is 6.04 Å². The van der Waals surface area contributed by atoms with Crippen LogP contribution in [0.1, 0.15) is 18.4 Å². The van der Waals surface area contributed by atoms with E-state index in [-0.39, 0.29) is 36.8 Å². The first-order valence-corrected chi connectivity index (χ1v) is 7.07. The zero-order valence-electron chi connectivity index (χ0n) is 12.2. The largest absolute Gasteiger partial charge is 0.373 e. The molecule has 21 heavy (non-hydrogen) atoms. The first kappa shape index (κ1) is 18.1. The highest BCUT2D eigenvalue weighted by Gasteiger charge is 2.28. The fourth-order valence-electron chi connectivity index (χ4n) is 3.00. The summed E-state index contributed by atoms with van der Waals surface area (Å²) in [7, 11) is 2.10. The molecule has 2 aliphatic heterocycles. The molecule has 1 fully saturated rings. The van der Waals surface area contributed by atoms with Crippen LogP contribution in [0, 0.1) is 0 Å². The molecular formula is C15H23Cl2N3O. The van der Waals surface area contributed by atoms with Crippen LogP contribution in [0.4, 0.5) is 5.69 Å². The maximum Gasteiger partial charge on any atom is 0.240 e. The zero-order chi connectivity index (χ0) is 13.2. The van der Waals surface area contributed by atoms with Crippen LogP contribution < -0.4 is 10.2 Å². The molecule has 1 N–H and O–H groups in total. The molecule has 0 saturated carbocycles. The third-order valence-electron chi connectivity index (χ3n) is 4.14. The van der Waals surface area contributed by atoms with E-state index in [0.717, 1.165) is 39.0 Å². The van der Waals surface area contributed by atoms with Crippen molar-refractivity contribution in [2.24, 2.45) is 0 Å². The summed E-state index contributed by atoms with van der Waals surface area (Å²) >= 11 is 0. The van der Waals surface area contributed by atoms with Gasteiger partial charge in [-0.2, -0.15) is 0 Å². The second-order valence-corrected chi connectivity index (χ2v) is 5.46. The van der Waals surface area contributed by atoms with Crippen molar-refractivity contribution >= 4 is 36.4 Å². The molecule has 1 aromatic carbocycles. The van der Waals surface area contributed by atoms with Crippen molar-refractivity contribution in [2.45, 2.75) is 25.4 Å². The zero-order valence-corrected chi connectivity index (χ0v) is 13.9. The first-order valence-electron chi connectivity index (χ1n) is 7.07. The summed E-state index contributed by atoms with van der Waals surface area (Å²) in [5.74, 6) is 0.266. The number of nitrogens with one attached hydrogen (secondary N) is 1. The molecule has 1 atom stereocenters. The number of hydrogen-bond donors (Lipinski definition) is 1. The summed E-state index contributed by atoms with van der Waals surface area (Å²) in [5, 5.41) is 3.30. The predicted octanol–water partition coefficient (Wildman–Crippen LogP) is 2.06. The van der Waals surface area contributed by atoms with Crippen molar-refractivity contribution < 1.29 is 4.79 Å². The fourth-order valence-corrected chi connectivity index (χ4v) is 3.00. The van der Waals surface area contributed by atoms with Gasteiger partial charge < -0.3 is 15.1 Å². The Labute approximate surface area is 138 Å². The Balaban J connectivity index is 0.00000110.